The molecule has 0 unspecified atom stereocenters. The molecule has 0 saturated carbocycles. The van der Waals surface area contributed by atoms with Crippen molar-refractivity contribution in [3.63, 3.8) is 0 Å². The minimum Gasteiger partial charge on any atom is -0.203 e. The first-order chi connectivity index (χ1) is 7.19. The van der Waals surface area contributed by atoms with Gasteiger partial charge in [0, 0.05) is 10.6 Å². The van der Waals surface area contributed by atoms with Crippen molar-refractivity contribution < 1.29 is 26.3 Å². The fourth-order valence-corrected chi connectivity index (χ4v) is 1.11. The minimum absolute atomic E-state index is 0.0416. The van der Waals surface area contributed by atoms with E-state index in [1.165, 1.54) is 0 Å². The minimum atomic E-state index is -5.42. The second-order valence-corrected chi connectivity index (χ2v) is 3.44. The molecule has 16 heavy (non-hydrogen) atoms. The van der Waals surface area contributed by atoms with Crippen molar-refractivity contribution in [2.45, 2.75) is 18.3 Å². The molecule has 0 atom stereocenters. The number of benzene rings is 1. The Morgan fingerprint density at radius 3 is 1.75 bits per heavy atom. The van der Waals surface area contributed by atoms with Gasteiger partial charge in [0.1, 0.15) is 0 Å². The van der Waals surface area contributed by atoms with Gasteiger partial charge in [-0.1, -0.05) is 23.7 Å². The summed E-state index contributed by atoms with van der Waals surface area (Å²) >= 11 is 5.36. The zero-order chi connectivity index (χ0) is 12.6. The van der Waals surface area contributed by atoms with Gasteiger partial charge < -0.3 is 0 Å². The molecular formula is C9H5ClF6. The molecule has 0 aliphatic rings. The van der Waals surface area contributed by atoms with E-state index in [0.29, 0.717) is 12.1 Å². The Labute approximate surface area is 91.8 Å². The van der Waals surface area contributed by atoms with Crippen LogP contribution in [0.1, 0.15) is 5.56 Å². The van der Waals surface area contributed by atoms with Crippen LogP contribution in [-0.2, 0) is 5.92 Å². The zero-order valence-corrected chi connectivity index (χ0v) is 8.29. The van der Waals surface area contributed by atoms with Crippen LogP contribution in [0.5, 0.6) is 0 Å². The highest BCUT2D eigenvalue weighted by Crippen LogP contribution is 2.46. The Morgan fingerprint density at radius 1 is 0.938 bits per heavy atom. The van der Waals surface area contributed by atoms with Crippen LogP contribution in [0.15, 0.2) is 24.3 Å². The summed E-state index contributed by atoms with van der Waals surface area (Å²) in [6.07, 6.45) is -4.45. The van der Waals surface area contributed by atoms with E-state index < -0.39 is 23.8 Å². The van der Waals surface area contributed by atoms with E-state index in [-0.39, 0.29) is 5.02 Å². The van der Waals surface area contributed by atoms with E-state index in [9.17, 15) is 26.3 Å². The summed E-state index contributed by atoms with van der Waals surface area (Å²) in [6.45, 7) is 0. The molecule has 1 aromatic carbocycles. The van der Waals surface area contributed by atoms with Crippen LogP contribution >= 0.6 is 11.6 Å². The summed E-state index contributed by atoms with van der Waals surface area (Å²) in [7, 11) is 0. The Kier molecular flexibility index (Phi) is 3.42. The van der Waals surface area contributed by atoms with Crippen LogP contribution in [0.3, 0.4) is 0 Å². The molecule has 7 heteroatoms. The second kappa shape index (κ2) is 4.16. The molecule has 0 aliphatic heterocycles. The third-order valence-electron chi connectivity index (χ3n) is 1.90. The van der Waals surface area contributed by atoms with Gasteiger partial charge in [0.15, 0.2) is 0 Å². The predicted octanol–water partition coefficient (Wildman–Crippen LogP) is 4.33. The zero-order valence-electron chi connectivity index (χ0n) is 7.53. The van der Waals surface area contributed by atoms with Crippen molar-refractivity contribution in [1.82, 2.24) is 0 Å². The first-order valence-corrected chi connectivity index (χ1v) is 4.37. The van der Waals surface area contributed by atoms with Gasteiger partial charge in [0.05, 0.1) is 0 Å². The Bertz CT molecular complexity index is 359. The standard InChI is InChI=1S/C9H5ClF6/c10-6-3-1-5(2-4-6)8(13,14)9(15,16)7(11)12/h1-4,7H. The first kappa shape index (κ1) is 13.2. The maximum absolute atomic E-state index is 13.0. The third kappa shape index (κ3) is 2.11. The van der Waals surface area contributed by atoms with Crippen LogP contribution in [0, 0.1) is 0 Å². The van der Waals surface area contributed by atoms with Gasteiger partial charge in [-0.05, 0) is 12.1 Å². The van der Waals surface area contributed by atoms with Gasteiger partial charge in [0.2, 0.25) is 0 Å². The molecule has 0 nitrogen and oxygen atoms in total. The van der Waals surface area contributed by atoms with E-state index in [1.807, 2.05) is 0 Å². The van der Waals surface area contributed by atoms with Gasteiger partial charge in [-0.25, -0.2) is 8.78 Å². The highest BCUT2D eigenvalue weighted by Gasteiger charge is 2.63. The molecule has 1 aromatic rings. The molecular weight excluding hydrogens is 258 g/mol. The molecule has 0 heterocycles. The van der Waals surface area contributed by atoms with Crippen LogP contribution in [0.4, 0.5) is 26.3 Å². The third-order valence-corrected chi connectivity index (χ3v) is 2.15. The molecule has 90 valence electrons. The second-order valence-electron chi connectivity index (χ2n) is 3.00. The molecule has 0 aromatic heterocycles. The summed E-state index contributed by atoms with van der Waals surface area (Å²) in [5.74, 6) is -10.4. The smallest absolute Gasteiger partial charge is 0.203 e. The van der Waals surface area contributed by atoms with Crippen molar-refractivity contribution >= 4 is 11.6 Å². The van der Waals surface area contributed by atoms with Crippen molar-refractivity contribution in [2.75, 3.05) is 0 Å². The van der Waals surface area contributed by atoms with E-state index in [2.05, 4.69) is 0 Å². The lowest BCUT2D eigenvalue weighted by molar-refractivity contribution is -0.270. The van der Waals surface area contributed by atoms with Crippen LogP contribution < -0.4 is 0 Å². The average Bonchev–Trinajstić information content (AvgIpc) is 2.17. The predicted molar refractivity (Wildman–Crippen MR) is 46.3 cm³/mol. The molecule has 0 amide bonds. The molecule has 0 bridgehead atoms. The van der Waals surface area contributed by atoms with E-state index in [4.69, 9.17) is 11.6 Å². The summed E-state index contributed by atoms with van der Waals surface area (Å²) in [6, 6.07) is 3.01. The van der Waals surface area contributed by atoms with Gasteiger partial charge in [0.25, 0.3) is 0 Å². The topological polar surface area (TPSA) is 0 Å². The lowest BCUT2D eigenvalue weighted by Gasteiger charge is -2.25. The van der Waals surface area contributed by atoms with E-state index >= 15 is 0 Å². The van der Waals surface area contributed by atoms with Gasteiger partial charge in [-0.2, -0.15) is 17.6 Å². The quantitative estimate of drug-likeness (QED) is 0.711. The number of alkyl halides is 6. The van der Waals surface area contributed by atoms with Gasteiger partial charge >= 0.3 is 18.3 Å². The highest BCUT2D eigenvalue weighted by atomic mass is 35.5. The van der Waals surface area contributed by atoms with Crippen molar-refractivity contribution in [1.29, 1.82) is 0 Å². The molecule has 0 radical (unpaired) electrons. The molecule has 0 saturated heterocycles. The largest absolute Gasteiger partial charge is 0.373 e. The number of hydrogen-bond donors (Lipinski definition) is 0. The van der Waals surface area contributed by atoms with Crippen molar-refractivity contribution in [3.05, 3.63) is 34.9 Å². The molecule has 0 N–H and O–H groups in total. The lowest BCUT2D eigenvalue weighted by Crippen LogP contribution is -2.44. The summed E-state index contributed by atoms with van der Waals surface area (Å²) < 4.78 is 74.9. The van der Waals surface area contributed by atoms with Crippen LogP contribution in [0.2, 0.25) is 5.02 Å². The van der Waals surface area contributed by atoms with Gasteiger partial charge in [-0.3, -0.25) is 0 Å². The first-order valence-electron chi connectivity index (χ1n) is 3.99. The van der Waals surface area contributed by atoms with E-state index in [1.54, 1.807) is 0 Å². The average molecular weight is 263 g/mol. The molecule has 0 fully saturated rings. The SMILES string of the molecule is FC(F)C(F)(F)C(F)(F)c1ccc(Cl)cc1. The number of hydrogen-bond acceptors (Lipinski definition) is 0. The molecule has 0 spiro atoms. The van der Waals surface area contributed by atoms with E-state index in [0.717, 1.165) is 12.1 Å². The Hall–Kier alpha value is -0.910. The fourth-order valence-electron chi connectivity index (χ4n) is 0.989. The lowest BCUT2D eigenvalue weighted by atomic mass is 10.0. The maximum Gasteiger partial charge on any atom is 0.373 e. The normalized spacial score (nSPS) is 13.2. The summed E-state index contributed by atoms with van der Waals surface area (Å²) in [5, 5.41) is 0.0416. The molecule has 0 aliphatic carbocycles. The number of rotatable bonds is 3. The fraction of sp³-hybridized carbons (Fsp3) is 0.333. The summed E-state index contributed by atoms with van der Waals surface area (Å²) in [5.41, 5.74) is -1.21. The van der Waals surface area contributed by atoms with Crippen LogP contribution in [0.25, 0.3) is 0 Å². The van der Waals surface area contributed by atoms with Gasteiger partial charge in [-0.15, -0.1) is 0 Å². The highest BCUT2D eigenvalue weighted by molar-refractivity contribution is 6.30. The van der Waals surface area contributed by atoms with Crippen molar-refractivity contribution in [3.8, 4) is 0 Å². The maximum atomic E-state index is 13.0. The van der Waals surface area contributed by atoms with Crippen molar-refractivity contribution in [2.24, 2.45) is 0 Å². The Morgan fingerprint density at radius 2 is 1.38 bits per heavy atom. The van der Waals surface area contributed by atoms with Crippen LogP contribution in [-0.4, -0.2) is 12.3 Å². The summed E-state index contributed by atoms with van der Waals surface area (Å²) in [4.78, 5) is 0. The Balaban J connectivity index is 3.15. The number of halogens is 7. The molecule has 1 rings (SSSR count). The monoisotopic (exact) mass is 262 g/mol.